The van der Waals surface area contributed by atoms with E-state index in [2.05, 4.69) is 4.98 Å². The minimum atomic E-state index is -0.718. The molecule has 21 heavy (non-hydrogen) atoms. The van der Waals surface area contributed by atoms with Gasteiger partial charge in [-0.15, -0.1) is 0 Å². The van der Waals surface area contributed by atoms with Crippen LogP contribution in [0, 0.1) is 10.1 Å². The lowest BCUT2D eigenvalue weighted by Gasteiger charge is -2.22. The Morgan fingerprint density at radius 3 is 2.90 bits per heavy atom. The van der Waals surface area contributed by atoms with Crippen LogP contribution in [0.1, 0.15) is 0 Å². The number of hydrogen-bond acceptors (Lipinski definition) is 6. The van der Waals surface area contributed by atoms with Crippen molar-refractivity contribution in [2.24, 2.45) is 0 Å². The zero-order valence-electron chi connectivity index (χ0n) is 11.9. The number of aromatic nitrogens is 1. The SMILES string of the molecule is COCC(O)CN(C)c1ccc2ncccc2c1[N+](=O)[O-]. The lowest BCUT2D eigenvalue weighted by Crippen LogP contribution is -2.32. The largest absolute Gasteiger partial charge is 0.389 e. The Morgan fingerprint density at radius 2 is 2.24 bits per heavy atom. The molecule has 1 aromatic carbocycles. The van der Waals surface area contributed by atoms with E-state index in [4.69, 9.17) is 4.74 Å². The minimum Gasteiger partial charge on any atom is -0.389 e. The Balaban J connectivity index is 2.43. The monoisotopic (exact) mass is 291 g/mol. The number of nitrogens with zero attached hydrogens (tertiary/aromatic N) is 3. The topological polar surface area (TPSA) is 88.7 Å². The summed E-state index contributed by atoms with van der Waals surface area (Å²) in [5, 5.41) is 21.7. The molecule has 2 aromatic rings. The Morgan fingerprint density at radius 1 is 1.48 bits per heavy atom. The molecule has 0 saturated carbocycles. The van der Waals surface area contributed by atoms with Crippen LogP contribution in [0.25, 0.3) is 10.9 Å². The summed E-state index contributed by atoms with van der Waals surface area (Å²) in [7, 11) is 3.19. The van der Waals surface area contributed by atoms with Gasteiger partial charge in [0.2, 0.25) is 0 Å². The molecule has 7 heteroatoms. The highest BCUT2D eigenvalue weighted by molar-refractivity contribution is 5.94. The highest BCUT2D eigenvalue weighted by Gasteiger charge is 2.22. The molecule has 1 heterocycles. The van der Waals surface area contributed by atoms with Crippen molar-refractivity contribution in [3.63, 3.8) is 0 Å². The first-order valence-electron chi connectivity index (χ1n) is 6.45. The molecule has 0 spiro atoms. The van der Waals surface area contributed by atoms with Crippen LogP contribution in [0.2, 0.25) is 0 Å². The van der Waals surface area contributed by atoms with E-state index in [1.54, 1.807) is 42.4 Å². The van der Waals surface area contributed by atoms with Crippen molar-refractivity contribution in [2.45, 2.75) is 6.10 Å². The van der Waals surface area contributed by atoms with E-state index in [1.165, 1.54) is 7.11 Å². The average molecular weight is 291 g/mol. The van der Waals surface area contributed by atoms with Crippen molar-refractivity contribution in [1.29, 1.82) is 0 Å². The first-order chi connectivity index (χ1) is 10.0. The minimum absolute atomic E-state index is 0.00674. The van der Waals surface area contributed by atoms with Gasteiger partial charge in [0.15, 0.2) is 0 Å². The Labute approximate surface area is 121 Å². The van der Waals surface area contributed by atoms with Crippen LogP contribution in [-0.4, -0.2) is 48.4 Å². The zero-order valence-corrected chi connectivity index (χ0v) is 11.9. The maximum Gasteiger partial charge on any atom is 0.301 e. The van der Waals surface area contributed by atoms with Gasteiger partial charge >= 0.3 is 5.69 Å². The number of aliphatic hydroxyl groups excluding tert-OH is 1. The van der Waals surface area contributed by atoms with Crippen molar-refractivity contribution in [3.8, 4) is 0 Å². The van der Waals surface area contributed by atoms with Gasteiger partial charge in [0.1, 0.15) is 5.69 Å². The normalized spacial score (nSPS) is 12.3. The third kappa shape index (κ3) is 3.26. The second-order valence-electron chi connectivity index (χ2n) is 4.75. The molecular formula is C14H17N3O4. The van der Waals surface area contributed by atoms with E-state index in [0.717, 1.165) is 0 Å². The molecule has 1 atom stereocenters. The van der Waals surface area contributed by atoms with E-state index < -0.39 is 11.0 Å². The number of hydrogen-bond donors (Lipinski definition) is 1. The highest BCUT2D eigenvalue weighted by atomic mass is 16.6. The molecule has 0 fully saturated rings. The fraction of sp³-hybridized carbons (Fsp3) is 0.357. The maximum atomic E-state index is 11.4. The number of fused-ring (bicyclic) bond motifs is 1. The number of pyridine rings is 1. The smallest absolute Gasteiger partial charge is 0.301 e. The molecule has 0 radical (unpaired) electrons. The summed E-state index contributed by atoms with van der Waals surface area (Å²) < 4.78 is 4.87. The number of aliphatic hydroxyl groups is 1. The van der Waals surface area contributed by atoms with Crippen molar-refractivity contribution < 1.29 is 14.8 Å². The number of ether oxygens (including phenoxy) is 1. The van der Waals surface area contributed by atoms with Gasteiger partial charge in [-0.1, -0.05) is 0 Å². The summed E-state index contributed by atoms with van der Waals surface area (Å²) in [4.78, 5) is 16.8. The number of benzene rings is 1. The van der Waals surface area contributed by atoms with Gasteiger partial charge in [-0.2, -0.15) is 0 Å². The van der Waals surface area contributed by atoms with Crippen LogP contribution in [-0.2, 0) is 4.74 Å². The van der Waals surface area contributed by atoms with E-state index >= 15 is 0 Å². The van der Waals surface area contributed by atoms with Gasteiger partial charge in [0.05, 0.1) is 28.5 Å². The van der Waals surface area contributed by atoms with Gasteiger partial charge in [0, 0.05) is 26.9 Å². The lowest BCUT2D eigenvalue weighted by molar-refractivity contribution is -0.382. The number of methoxy groups -OCH3 is 1. The van der Waals surface area contributed by atoms with Gasteiger partial charge in [-0.05, 0) is 24.3 Å². The fourth-order valence-corrected chi connectivity index (χ4v) is 2.28. The molecule has 1 aromatic heterocycles. The van der Waals surface area contributed by atoms with E-state index in [-0.39, 0.29) is 18.8 Å². The molecule has 112 valence electrons. The first kappa shape index (κ1) is 15.1. The molecule has 2 rings (SSSR count). The van der Waals surface area contributed by atoms with E-state index in [1.807, 2.05) is 0 Å². The first-order valence-corrected chi connectivity index (χ1v) is 6.45. The maximum absolute atomic E-state index is 11.4. The third-order valence-electron chi connectivity index (χ3n) is 3.17. The average Bonchev–Trinajstić information content (AvgIpc) is 2.45. The summed E-state index contributed by atoms with van der Waals surface area (Å²) in [5.74, 6) is 0. The Hall–Kier alpha value is -2.25. The lowest BCUT2D eigenvalue weighted by atomic mass is 10.1. The third-order valence-corrected chi connectivity index (χ3v) is 3.17. The van der Waals surface area contributed by atoms with Crippen LogP contribution in [0.5, 0.6) is 0 Å². The standard InChI is InChI=1S/C14H17N3O4/c1-16(8-10(18)9-21-2)13-6-5-12-11(4-3-7-15-12)14(13)17(19)20/h3-7,10,18H,8-9H2,1-2H3. The molecule has 0 saturated heterocycles. The number of rotatable bonds is 6. The Kier molecular flexibility index (Phi) is 4.66. The van der Waals surface area contributed by atoms with E-state index in [9.17, 15) is 15.2 Å². The van der Waals surface area contributed by atoms with Gasteiger partial charge in [-0.3, -0.25) is 15.1 Å². The number of likely N-dealkylation sites (N-methyl/N-ethyl adjacent to an activating group) is 1. The van der Waals surface area contributed by atoms with Crippen LogP contribution in [0.15, 0.2) is 30.5 Å². The summed E-state index contributed by atoms with van der Waals surface area (Å²) in [6.07, 6.45) is 0.877. The molecule has 0 aliphatic rings. The molecule has 7 nitrogen and oxygen atoms in total. The quantitative estimate of drug-likeness (QED) is 0.642. The van der Waals surface area contributed by atoms with E-state index in [0.29, 0.717) is 16.6 Å². The number of nitro groups is 1. The van der Waals surface area contributed by atoms with Gasteiger partial charge < -0.3 is 14.7 Å². The molecule has 0 aliphatic heterocycles. The summed E-state index contributed by atoms with van der Waals surface area (Å²) >= 11 is 0. The molecule has 1 unspecified atom stereocenters. The van der Waals surface area contributed by atoms with Crippen molar-refractivity contribution in [2.75, 3.05) is 32.2 Å². The van der Waals surface area contributed by atoms with Crippen LogP contribution < -0.4 is 4.90 Å². The second-order valence-corrected chi connectivity index (χ2v) is 4.75. The summed E-state index contributed by atoms with van der Waals surface area (Å²) in [5.41, 5.74) is 1.00. The van der Waals surface area contributed by atoms with Crippen LogP contribution >= 0.6 is 0 Å². The molecule has 0 bridgehead atoms. The van der Waals surface area contributed by atoms with Crippen molar-refractivity contribution in [3.05, 3.63) is 40.6 Å². The second kappa shape index (κ2) is 6.47. The van der Waals surface area contributed by atoms with Crippen LogP contribution in [0.4, 0.5) is 11.4 Å². The predicted octanol–water partition coefficient (Wildman–Crippen LogP) is 1.59. The zero-order chi connectivity index (χ0) is 15.4. The van der Waals surface area contributed by atoms with Gasteiger partial charge in [-0.25, -0.2) is 0 Å². The number of nitro benzene ring substituents is 1. The fourth-order valence-electron chi connectivity index (χ4n) is 2.28. The summed E-state index contributed by atoms with van der Waals surface area (Å²) in [6.45, 7) is 0.410. The Bertz CT molecular complexity index is 647. The summed E-state index contributed by atoms with van der Waals surface area (Å²) in [6, 6.07) is 6.71. The molecular weight excluding hydrogens is 274 g/mol. The van der Waals surface area contributed by atoms with Crippen molar-refractivity contribution in [1.82, 2.24) is 4.98 Å². The highest BCUT2D eigenvalue weighted by Crippen LogP contribution is 2.34. The van der Waals surface area contributed by atoms with Crippen LogP contribution in [0.3, 0.4) is 0 Å². The molecule has 1 N–H and O–H groups in total. The van der Waals surface area contributed by atoms with Gasteiger partial charge in [0.25, 0.3) is 0 Å². The van der Waals surface area contributed by atoms with Crippen molar-refractivity contribution >= 4 is 22.3 Å². The predicted molar refractivity (Wildman–Crippen MR) is 79.6 cm³/mol. The number of anilines is 1. The molecule has 0 amide bonds. The molecule has 0 aliphatic carbocycles.